The minimum atomic E-state index is -0.639. The van der Waals surface area contributed by atoms with Gasteiger partial charge in [-0.2, -0.15) is 0 Å². The van der Waals surface area contributed by atoms with E-state index in [-0.39, 0.29) is 44.4 Å². The first kappa shape index (κ1) is 19.4. The lowest BCUT2D eigenvalue weighted by atomic mass is 10.4. The number of carbonyl (C=O) groups is 3. The molecule has 10 nitrogen and oxygen atoms in total. The largest absolute Gasteiger partial charge is 0.465 e. The first-order valence-electron chi connectivity index (χ1n) is 7.21. The maximum atomic E-state index is 12.1. The van der Waals surface area contributed by atoms with E-state index in [2.05, 4.69) is 15.0 Å². The van der Waals surface area contributed by atoms with Gasteiger partial charge >= 0.3 is 18.0 Å². The summed E-state index contributed by atoms with van der Waals surface area (Å²) in [5.41, 5.74) is 0.00567. The van der Waals surface area contributed by atoms with E-state index in [1.807, 2.05) is 0 Å². The minimum absolute atomic E-state index is 0.00495. The third-order valence-corrected chi connectivity index (χ3v) is 2.81. The predicted octanol–water partition coefficient (Wildman–Crippen LogP) is 0.182. The van der Waals surface area contributed by atoms with Gasteiger partial charge in [0.1, 0.15) is 12.8 Å². The lowest BCUT2D eigenvalue weighted by Crippen LogP contribution is -2.43. The molecule has 0 saturated carbocycles. The van der Waals surface area contributed by atoms with Crippen LogP contribution in [0.15, 0.2) is 10.7 Å². The molecular weight excluding hydrogens is 322 g/mol. The Kier molecular flexibility index (Phi) is 8.26. The van der Waals surface area contributed by atoms with E-state index in [0.29, 0.717) is 0 Å². The second kappa shape index (κ2) is 10.2. The van der Waals surface area contributed by atoms with Gasteiger partial charge in [-0.3, -0.25) is 4.79 Å². The van der Waals surface area contributed by atoms with Crippen LogP contribution in [-0.4, -0.2) is 68.4 Å². The number of ether oxygens (including phenoxy) is 3. The van der Waals surface area contributed by atoms with Crippen LogP contribution in [0.3, 0.4) is 0 Å². The number of urea groups is 1. The standard InChI is InChI=1S/C14H21N3O7/c1-4-23-12(18)7-15-14(20)17(5-6-21-2)8-11-16-10(9-24-11)13(19)22-3/h9H,4-8H2,1-3H3,(H,15,20). The van der Waals surface area contributed by atoms with E-state index in [4.69, 9.17) is 13.9 Å². The Hall–Kier alpha value is -2.62. The van der Waals surface area contributed by atoms with Gasteiger partial charge in [0, 0.05) is 13.7 Å². The highest BCUT2D eigenvalue weighted by molar-refractivity contribution is 5.86. The molecule has 0 aliphatic heterocycles. The number of hydrogen-bond acceptors (Lipinski definition) is 8. The van der Waals surface area contributed by atoms with E-state index < -0.39 is 18.0 Å². The Bertz CT molecular complexity index is 558. The van der Waals surface area contributed by atoms with Crippen molar-refractivity contribution in [1.82, 2.24) is 15.2 Å². The average molecular weight is 343 g/mol. The van der Waals surface area contributed by atoms with Gasteiger partial charge in [-0.25, -0.2) is 14.6 Å². The Morgan fingerprint density at radius 2 is 2.08 bits per heavy atom. The quantitative estimate of drug-likeness (QED) is 0.631. The van der Waals surface area contributed by atoms with Crippen LogP contribution >= 0.6 is 0 Å². The van der Waals surface area contributed by atoms with Gasteiger partial charge in [-0.15, -0.1) is 0 Å². The van der Waals surface area contributed by atoms with Crippen molar-refractivity contribution in [2.24, 2.45) is 0 Å². The summed E-state index contributed by atoms with van der Waals surface area (Å²) in [5, 5.41) is 2.43. The third-order valence-electron chi connectivity index (χ3n) is 2.81. The van der Waals surface area contributed by atoms with Crippen LogP contribution in [0.4, 0.5) is 4.79 Å². The first-order chi connectivity index (χ1) is 11.5. The summed E-state index contributed by atoms with van der Waals surface area (Å²) in [6.45, 7) is 2.16. The molecule has 0 bridgehead atoms. The molecule has 0 radical (unpaired) electrons. The van der Waals surface area contributed by atoms with Gasteiger partial charge in [-0.05, 0) is 6.92 Å². The Balaban J connectivity index is 2.66. The van der Waals surface area contributed by atoms with E-state index in [0.717, 1.165) is 6.26 Å². The Morgan fingerprint density at radius 1 is 1.33 bits per heavy atom. The molecule has 1 aromatic heterocycles. The number of hydrogen-bond donors (Lipinski definition) is 1. The molecule has 0 aromatic carbocycles. The van der Waals surface area contributed by atoms with Crippen LogP contribution in [0.2, 0.25) is 0 Å². The average Bonchev–Trinajstić information content (AvgIpc) is 3.04. The molecule has 0 atom stereocenters. The zero-order chi connectivity index (χ0) is 17.9. The lowest BCUT2D eigenvalue weighted by Gasteiger charge is -2.21. The number of esters is 2. The summed E-state index contributed by atoms with van der Waals surface area (Å²) in [6.07, 6.45) is 1.15. The van der Waals surface area contributed by atoms with E-state index in [1.165, 1.54) is 19.1 Å². The maximum absolute atomic E-state index is 12.1. The summed E-state index contributed by atoms with van der Waals surface area (Å²) < 4.78 is 19.4. The highest BCUT2D eigenvalue weighted by Crippen LogP contribution is 2.07. The van der Waals surface area contributed by atoms with E-state index in [9.17, 15) is 14.4 Å². The van der Waals surface area contributed by atoms with Crippen molar-refractivity contribution in [3.05, 3.63) is 17.8 Å². The van der Waals surface area contributed by atoms with Crippen molar-refractivity contribution in [2.75, 3.05) is 40.5 Å². The number of amides is 2. The van der Waals surface area contributed by atoms with E-state index >= 15 is 0 Å². The lowest BCUT2D eigenvalue weighted by molar-refractivity contribution is -0.141. The number of aromatic nitrogens is 1. The molecule has 0 spiro atoms. The SMILES string of the molecule is CCOC(=O)CNC(=O)N(CCOC)Cc1nc(C(=O)OC)co1. The molecule has 0 aliphatic carbocycles. The summed E-state index contributed by atoms with van der Waals surface area (Å²) >= 11 is 0. The van der Waals surface area contributed by atoms with Gasteiger partial charge in [-0.1, -0.05) is 0 Å². The number of oxazole rings is 1. The predicted molar refractivity (Wildman–Crippen MR) is 80.2 cm³/mol. The normalized spacial score (nSPS) is 10.1. The van der Waals surface area contributed by atoms with Crippen LogP contribution in [0.25, 0.3) is 0 Å². The second-order valence-corrected chi connectivity index (χ2v) is 4.50. The van der Waals surface area contributed by atoms with Crippen LogP contribution in [0, 0.1) is 0 Å². The Labute approximate surface area is 139 Å². The van der Waals surface area contributed by atoms with Crippen molar-refractivity contribution >= 4 is 18.0 Å². The van der Waals surface area contributed by atoms with E-state index in [1.54, 1.807) is 6.92 Å². The molecule has 1 rings (SSSR count). The molecule has 0 fully saturated rings. The fraction of sp³-hybridized carbons (Fsp3) is 0.571. The smallest absolute Gasteiger partial charge is 0.360 e. The summed E-state index contributed by atoms with van der Waals surface area (Å²) in [6, 6.07) is -0.516. The molecular formula is C14H21N3O7. The molecule has 2 amide bonds. The number of nitrogens with zero attached hydrogens (tertiary/aromatic N) is 2. The van der Waals surface area contributed by atoms with Crippen molar-refractivity contribution in [3.8, 4) is 0 Å². The maximum Gasteiger partial charge on any atom is 0.360 e. The molecule has 1 heterocycles. The second-order valence-electron chi connectivity index (χ2n) is 4.50. The Morgan fingerprint density at radius 3 is 2.71 bits per heavy atom. The molecule has 0 aliphatic rings. The fourth-order valence-electron chi connectivity index (χ4n) is 1.67. The van der Waals surface area contributed by atoms with Crippen LogP contribution in [0.1, 0.15) is 23.3 Å². The molecule has 0 saturated heterocycles. The van der Waals surface area contributed by atoms with Gasteiger partial charge < -0.3 is 28.8 Å². The topological polar surface area (TPSA) is 120 Å². The number of carbonyl (C=O) groups excluding carboxylic acids is 3. The van der Waals surface area contributed by atoms with Crippen molar-refractivity contribution < 1.29 is 33.0 Å². The molecule has 1 aromatic rings. The highest BCUT2D eigenvalue weighted by Gasteiger charge is 2.19. The van der Waals surface area contributed by atoms with Gasteiger partial charge in [0.05, 0.1) is 26.9 Å². The minimum Gasteiger partial charge on any atom is -0.465 e. The summed E-state index contributed by atoms with van der Waals surface area (Å²) in [7, 11) is 2.72. The van der Waals surface area contributed by atoms with Crippen molar-refractivity contribution in [1.29, 1.82) is 0 Å². The monoisotopic (exact) mass is 343 g/mol. The zero-order valence-corrected chi connectivity index (χ0v) is 13.9. The first-order valence-corrected chi connectivity index (χ1v) is 7.21. The van der Waals surface area contributed by atoms with Crippen molar-refractivity contribution in [2.45, 2.75) is 13.5 Å². The van der Waals surface area contributed by atoms with Crippen molar-refractivity contribution in [3.63, 3.8) is 0 Å². The van der Waals surface area contributed by atoms with Gasteiger partial charge in [0.15, 0.2) is 5.69 Å². The molecule has 1 N–H and O–H groups in total. The molecule has 10 heteroatoms. The third kappa shape index (κ3) is 6.24. The summed E-state index contributed by atoms with van der Waals surface area (Å²) in [4.78, 5) is 40.1. The summed E-state index contributed by atoms with van der Waals surface area (Å²) in [5.74, 6) is -1.03. The molecule has 134 valence electrons. The van der Waals surface area contributed by atoms with Gasteiger partial charge in [0.2, 0.25) is 5.89 Å². The number of nitrogens with one attached hydrogen (secondary N) is 1. The molecule has 24 heavy (non-hydrogen) atoms. The molecule has 0 unspecified atom stereocenters. The number of rotatable bonds is 9. The van der Waals surface area contributed by atoms with Gasteiger partial charge in [0.25, 0.3) is 0 Å². The number of methoxy groups -OCH3 is 2. The van der Waals surface area contributed by atoms with Crippen LogP contribution in [0.5, 0.6) is 0 Å². The fourth-order valence-corrected chi connectivity index (χ4v) is 1.67. The van der Waals surface area contributed by atoms with Crippen LogP contribution in [-0.2, 0) is 25.5 Å². The van der Waals surface area contributed by atoms with Crippen LogP contribution < -0.4 is 5.32 Å². The zero-order valence-electron chi connectivity index (χ0n) is 13.9. The highest BCUT2D eigenvalue weighted by atomic mass is 16.5.